The van der Waals surface area contributed by atoms with E-state index in [9.17, 15) is 13.2 Å². The van der Waals surface area contributed by atoms with Gasteiger partial charge in [0.2, 0.25) is 15.8 Å². The van der Waals surface area contributed by atoms with E-state index in [0.29, 0.717) is 10.0 Å². The summed E-state index contributed by atoms with van der Waals surface area (Å²) in [6, 6.07) is 3.35. The number of aromatic nitrogens is 2. The summed E-state index contributed by atoms with van der Waals surface area (Å²) < 4.78 is 27.1. The second-order valence-electron chi connectivity index (χ2n) is 7.89. The molecule has 0 spiro atoms. The second-order valence-corrected chi connectivity index (χ2v) is 11.0. The van der Waals surface area contributed by atoms with Gasteiger partial charge in [-0.3, -0.25) is 4.79 Å². The van der Waals surface area contributed by atoms with Gasteiger partial charge in [-0.2, -0.15) is 0 Å². The Morgan fingerprint density at radius 1 is 1.30 bits per heavy atom. The highest BCUT2D eigenvalue weighted by atomic mass is 35.5. The minimum absolute atomic E-state index is 0.0435. The largest absolute Gasteiger partial charge is 0.382 e. The fourth-order valence-electron chi connectivity index (χ4n) is 3.51. The van der Waals surface area contributed by atoms with Gasteiger partial charge >= 0.3 is 0 Å². The first-order valence-corrected chi connectivity index (χ1v) is 12.7. The topological polar surface area (TPSA) is 127 Å². The van der Waals surface area contributed by atoms with Crippen LogP contribution in [0.2, 0.25) is 5.15 Å². The van der Waals surface area contributed by atoms with Crippen molar-refractivity contribution in [1.82, 2.24) is 14.7 Å². The fourth-order valence-corrected chi connectivity index (χ4v) is 6.34. The zero-order valence-electron chi connectivity index (χ0n) is 16.9. The van der Waals surface area contributed by atoms with Crippen LogP contribution in [-0.2, 0) is 10.0 Å². The third kappa shape index (κ3) is 5.90. The molecule has 2 heterocycles. The molecule has 0 atom stereocenters. The number of halogens is 1. The number of nitrogen functional groups attached to an aromatic ring is 1. The monoisotopic (exact) mass is 471 g/mol. The van der Waals surface area contributed by atoms with Crippen molar-refractivity contribution in [2.45, 2.75) is 51.6 Å². The Hall–Kier alpha value is -1.75. The number of nitrogens with two attached hydrogens (primary N) is 1. The number of sulfonamides is 1. The Morgan fingerprint density at radius 2 is 1.97 bits per heavy atom. The van der Waals surface area contributed by atoms with Crippen molar-refractivity contribution in [2.24, 2.45) is 5.92 Å². The van der Waals surface area contributed by atoms with Gasteiger partial charge in [-0.1, -0.05) is 36.8 Å². The lowest BCUT2D eigenvalue weighted by molar-refractivity contribution is 0.104. The molecule has 0 unspecified atom stereocenters. The molecule has 1 saturated carbocycles. The van der Waals surface area contributed by atoms with E-state index in [2.05, 4.69) is 20.0 Å². The molecule has 164 valence electrons. The summed E-state index contributed by atoms with van der Waals surface area (Å²) in [5, 5.41) is 4.02. The molecule has 0 saturated heterocycles. The standard InChI is InChI=1S/C19H26ClN5O3S2/c1-11(2)10-30(27,28)25-13-7-5-12(6-8-13)23-19-24-18(21)16(29-19)15(26)14-4-3-9-22-17(14)20/h3-4,9,11-13,25H,5-8,10,21H2,1-2H3,(H,23,24)/t12-,13-. The zero-order valence-corrected chi connectivity index (χ0v) is 19.3. The zero-order chi connectivity index (χ0) is 21.9. The van der Waals surface area contributed by atoms with Crippen molar-refractivity contribution >= 4 is 49.7 Å². The summed E-state index contributed by atoms with van der Waals surface area (Å²) in [7, 11) is -3.25. The maximum atomic E-state index is 12.7. The minimum Gasteiger partial charge on any atom is -0.382 e. The molecule has 0 bridgehead atoms. The first-order valence-electron chi connectivity index (χ1n) is 9.82. The average molecular weight is 472 g/mol. The number of pyridine rings is 1. The Kier molecular flexibility index (Phi) is 7.33. The third-order valence-electron chi connectivity index (χ3n) is 4.82. The number of anilines is 2. The van der Waals surface area contributed by atoms with Gasteiger partial charge < -0.3 is 11.1 Å². The smallest absolute Gasteiger partial charge is 0.212 e. The molecular formula is C19H26ClN5O3S2. The normalized spacial score (nSPS) is 19.7. The van der Waals surface area contributed by atoms with Gasteiger partial charge in [0, 0.05) is 18.3 Å². The number of carbonyl (C=O) groups is 1. The van der Waals surface area contributed by atoms with Crippen molar-refractivity contribution in [2.75, 3.05) is 16.8 Å². The molecule has 0 radical (unpaired) electrons. The molecule has 0 aliphatic heterocycles. The summed E-state index contributed by atoms with van der Waals surface area (Å²) in [4.78, 5) is 21.2. The predicted octanol–water partition coefficient (Wildman–Crippen LogP) is 3.30. The van der Waals surface area contributed by atoms with E-state index in [4.69, 9.17) is 17.3 Å². The summed E-state index contributed by atoms with van der Waals surface area (Å²) >= 11 is 7.21. The van der Waals surface area contributed by atoms with Crippen molar-refractivity contribution in [3.05, 3.63) is 33.9 Å². The Morgan fingerprint density at radius 3 is 2.60 bits per heavy atom. The van der Waals surface area contributed by atoms with Gasteiger partial charge in [-0.25, -0.2) is 23.1 Å². The van der Waals surface area contributed by atoms with Gasteiger partial charge in [0.1, 0.15) is 15.8 Å². The van der Waals surface area contributed by atoms with Crippen LogP contribution in [0.15, 0.2) is 18.3 Å². The van der Waals surface area contributed by atoms with Crippen LogP contribution in [0.25, 0.3) is 0 Å². The molecule has 11 heteroatoms. The summed E-state index contributed by atoms with van der Waals surface area (Å²) in [5.74, 6) is 0.0812. The van der Waals surface area contributed by atoms with Crippen LogP contribution >= 0.6 is 22.9 Å². The quantitative estimate of drug-likeness (QED) is 0.398. The average Bonchev–Trinajstić information content (AvgIpc) is 3.02. The van der Waals surface area contributed by atoms with Crippen LogP contribution < -0.4 is 15.8 Å². The van der Waals surface area contributed by atoms with Gasteiger partial charge in [0.05, 0.1) is 11.3 Å². The predicted molar refractivity (Wildman–Crippen MR) is 121 cm³/mol. The Balaban J connectivity index is 1.58. The fraction of sp³-hybridized carbons (Fsp3) is 0.526. The van der Waals surface area contributed by atoms with E-state index in [1.165, 1.54) is 17.5 Å². The van der Waals surface area contributed by atoms with Crippen LogP contribution in [0.3, 0.4) is 0 Å². The number of hydrogen-bond donors (Lipinski definition) is 3. The van der Waals surface area contributed by atoms with Crippen molar-refractivity contribution in [1.29, 1.82) is 0 Å². The first-order chi connectivity index (χ1) is 14.1. The van der Waals surface area contributed by atoms with Crippen LogP contribution in [0, 0.1) is 5.92 Å². The molecule has 0 amide bonds. The molecule has 4 N–H and O–H groups in total. The highest BCUT2D eigenvalue weighted by Gasteiger charge is 2.27. The van der Waals surface area contributed by atoms with Crippen LogP contribution in [0.4, 0.5) is 10.9 Å². The lowest BCUT2D eigenvalue weighted by Gasteiger charge is -2.29. The molecule has 3 rings (SSSR count). The lowest BCUT2D eigenvalue weighted by atomic mass is 9.92. The molecule has 1 aliphatic rings. The molecule has 1 aliphatic carbocycles. The number of thiazole rings is 1. The number of nitrogens with zero attached hydrogens (tertiary/aromatic N) is 2. The van der Waals surface area contributed by atoms with Gasteiger partial charge in [0.15, 0.2) is 5.13 Å². The molecule has 2 aromatic rings. The molecule has 8 nitrogen and oxygen atoms in total. The van der Waals surface area contributed by atoms with Gasteiger partial charge in [-0.05, 0) is 43.7 Å². The summed E-state index contributed by atoms with van der Waals surface area (Å²) in [6.45, 7) is 3.78. The minimum atomic E-state index is -3.25. The number of nitrogens with one attached hydrogen (secondary N) is 2. The van der Waals surface area contributed by atoms with Crippen molar-refractivity contribution in [3.63, 3.8) is 0 Å². The SMILES string of the molecule is CC(C)CS(=O)(=O)N[C@H]1CC[C@H](Nc2nc(N)c(C(=O)c3cccnc3Cl)s2)CC1. The lowest BCUT2D eigenvalue weighted by Crippen LogP contribution is -2.41. The molecule has 0 aromatic carbocycles. The maximum Gasteiger partial charge on any atom is 0.212 e. The van der Waals surface area contributed by atoms with E-state index < -0.39 is 10.0 Å². The molecule has 30 heavy (non-hydrogen) atoms. The van der Waals surface area contributed by atoms with E-state index >= 15 is 0 Å². The molecule has 1 fully saturated rings. The van der Waals surface area contributed by atoms with Crippen molar-refractivity contribution < 1.29 is 13.2 Å². The van der Waals surface area contributed by atoms with Crippen molar-refractivity contribution in [3.8, 4) is 0 Å². The van der Waals surface area contributed by atoms with E-state index in [-0.39, 0.29) is 46.1 Å². The van der Waals surface area contributed by atoms with E-state index in [1.54, 1.807) is 12.1 Å². The highest BCUT2D eigenvalue weighted by Crippen LogP contribution is 2.31. The van der Waals surface area contributed by atoms with Gasteiger partial charge in [-0.15, -0.1) is 0 Å². The Bertz CT molecular complexity index is 1000. The van der Waals surface area contributed by atoms with Crippen LogP contribution in [0.5, 0.6) is 0 Å². The first kappa shape index (κ1) is 22.9. The molecular weight excluding hydrogens is 446 g/mol. The molecule has 2 aromatic heterocycles. The number of rotatable bonds is 8. The van der Waals surface area contributed by atoms with E-state index in [1.807, 2.05) is 13.8 Å². The van der Waals surface area contributed by atoms with Crippen LogP contribution in [0.1, 0.15) is 54.8 Å². The highest BCUT2D eigenvalue weighted by molar-refractivity contribution is 7.89. The summed E-state index contributed by atoms with van der Waals surface area (Å²) in [5.41, 5.74) is 6.25. The second kappa shape index (κ2) is 9.59. The number of carbonyl (C=O) groups excluding carboxylic acids is 1. The van der Waals surface area contributed by atoms with E-state index in [0.717, 1.165) is 25.7 Å². The Labute approximate surface area is 185 Å². The third-order valence-corrected chi connectivity index (χ3v) is 7.92. The van der Waals surface area contributed by atoms with Gasteiger partial charge in [0.25, 0.3) is 0 Å². The maximum absolute atomic E-state index is 12.7. The van der Waals surface area contributed by atoms with Crippen LogP contribution in [-0.4, -0.2) is 42.0 Å². The number of hydrogen-bond acceptors (Lipinski definition) is 8. The number of ketones is 1. The summed E-state index contributed by atoms with van der Waals surface area (Å²) in [6.07, 6.45) is 4.60.